The summed E-state index contributed by atoms with van der Waals surface area (Å²) in [7, 11) is 3.44. The van der Waals surface area contributed by atoms with E-state index in [0.29, 0.717) is 54.0 Å². The first kappa shape index (κ1) is 32.8. The standard InChI is InChI=1S/C39H47N2O7/c1-40-25-8-10-26-24(15-25)4-3-5-27(26)29-16-22(7-11-32(29)43)23-6-9-28-33(44)18-35(48-34(28)17-23)36-30(14-21-12-13-41-19-21)39(47-2)38(46)37(45)31(36)20-42/h3,5,7-8,10-13,16,19,23-28,33-35,40,42-46H,4,6,9,14-15,17-18,20H2,1-2H3/q-1. The number of ether oxygens (including phenoxy) is 2. The first-order chi connectivity index (χ1) is 23.3. The molecule has 2 aromatic carbocycles. The average Bonchev–Trinajstić information content (AvgIpc) is 3.62. The lowest BCUT2D eigenvalue weighted by molar-refractivity contribution is -0.154. The normalized spacial score (nSPS) is 31.3. The van der Waals surface area contributed by atoms with Crippen LogP contribution in [0, 0.1) is 17.8 Å². The smallest absolute Gasteiger partial charge is 0.201 e. The average molecular weight is 656 g/mol. The number of aromatic nitrogens is 1. The molecular weight excluding hydrogens is 608 g/mol. The van der Waals surface area contributed by atoms with Crippen molar-refractivity contribution in [3.8, 4) is 23.0 Å². The van der Waals surface area contributed by atoms with E-state index in [1.807, 2.05) is 25.2 Å². The number of nitrogens with one attached hydrogen (secondary N) is 1. The van der Waals surface area contributed by atoms with Crippen molar-refractivity contribution in [2.24, 2.45) is 17.8 Å². The fourth-order valence-electron chi connectivity index (χ4n) is 9.09. The Kier molecular flexibility index (Phi) is 9.30. The number of fused-ring (bicyclic) bond motifs is 2. The van der Waals surface area contributed by atoms with E-state index >= 15 is 0 Å². The highest BCUT2D eigenvalue weighted by molar-refractivity contribution is 5.64. The molecule has 0 amide bonds. The van der Waals surface area contributed by atoms with Gasteiger partial charge in [0.1, 0.15) is 5.75 Å². The van der Waals surface area contributed by atoms with Gasteiger partial charge in [-0.05, 0) is 80.5 Å². The summed E-state index contributed by atoms with van der Waals surface area (Å²) in [6, 6.07) is 8.29. The van der Waals surface area contributed by atoms with E-state index in [1.165, 1.54) is 7.11 Å². The molecule has 9 atom stereocenters. The Bertz CT molecular complexity index is 1670. The summed E-state index contributed by atoms with van der Waals surface area (Å²) in [6.07, 6.45) is 16.1. The fraction of sp³-hybridized carbons (Fsp3) is 0.487. The molecule has 1 aromatic heterocycles. The zero-order valence-electron chi connectivity index (χ0n) is 27.6. The summed E-state index contributed by atoms with van der Waals surface area (Å²) in [6.45, 7) is -0.518. The molecule has 0 spiro atoms. The minimum Gasteiger partial charge on any atom is -0.670 e. The number of phenols is 3. The Hall–Kier alpha value is -3.76. The molecule has 3 aromatic rings. The van der Waals surface area contributed by atoms with E-state index in [1.54, 1.807) is 12.4 Å². The molecule has 1 saturated heterocycles. The van der Waals surface area contributed by atoms with Gasteiger partial charge in [0.15, 0.2) is 11.5 Å². The maximum Gasteiger partial charge on any atom is 0.201 e. The molecule has 2 fully saturated rings. The molecule has 48 heavy (non-hydrogen) atoms. The predicted molar refractivity (Wildman–Crippen MR) is 181 cm³/mol. The summed E-state index contributed by atoms with van der Waals surface area (Å²) >= 11 is 0. The largest absolute Gasteiger partial charge is 0.670 e. The Labute approximate surface area is 281 Å². The van der Waals surface area contributed by atoms with Crippen LogP contribution in [0.15, 0.2) is 61.0 Å². The van der Waals surface area contributed by atoms with Crippen molar-refractivity contribution >= 4 is 0 Å². The summed E-state index contributed by atoms with van der Waals surface area (Å²) < 4.78 is 12.4. The SMILES string of the molecule is CNC1C=CC2C(CC=CC2c2cc(C3CCC4C(O)CC(c5c(CO)c(O)c(O)c(OC)c5Cc5cc[n-]c5)OC4C3)ccc2O)C1. The fourth-order valence-corrected chi connectivity index (χ4v) is 9.09. The third-order valence-corrected chi connectivity index (χ3v) is 11.6. The zero-order valence-corrected chi connectivity index (χ0v) is 27.6. The molecule has 3 aliphatic carbocycles. The maximum atomic E-state index is 11.5. The molecule has 6 N–H and O–H groups in total. The number of aliphatic hydroxyl groups is 2. The number of benzene rings is 2. The molecule has 1 aliphatic heterocycles. The van der Waals surface area contributed by atoms with E-state index in [2.05, 4.69) is 40.7 Å². The van der Waals surface area contributed by atoms with Gasteiger partial charge in [-0.2, -0.15) is 12.4 Å². The molecule has 0 radical (unpaired) electrons. The number of hydrogen-bond donors (Lipinski definition) is 6. The van der Waals surface area contributed by atoms with Crippen LogP contribution in [-0.4, -0.2) is 57.9 Å². The summed E-state index contributed by atoms with van der Waals surface area (Å²) in [4.78, 5) is 4.17. The van der Waals surface area contributed by atoms with Crippen molar-refractivity contribution < 1.29 is 35.0 Å². The highest BCUT2D eigenvalue weighted by Gasteiger charge is 2.44. The van der Waals surface area contributed by atoms with Crippen molar-refractivity contribution in [3.05, 3.63) is 94.3 Å². The second-order valence-electron chi connectivity index (χ2n) is 14.1. The molecule has 0 bridgehead atoms. The van der Waals surface area contributed by atoms with Crippen molar-refractivity contribution in [1.82, 2.24) is 10.3 Å². The van der Waals surface area contributed by atoms with Gasteiger partial charge in [0.2, 0.25) is 5.75 Å². The molecule has 9 nitrogen and oxygen atoms in total. The van der Waals surface area contributed by atoms with Crippen LogP contribution in [0.3, 0.4) is 0 Å². The van der Waals surface area contributed by atoms with Gasteiger partial charge in [-0.1, -0.05) is 48.1 Å². The van der Waals surface area contributed by atoms with E-state index in [4.69, 9.17) is 9.47 Å². The van der Waals surface area contributed by atoms with Gasteiger partial charge in [0.05, 0.1) is 32.0 Å². The molecule has 9 unspecified atom stereocenters. The molecule has 256 valence electrons. The van der Waals surface area contributed by atoms with Crippen LogP contribution in [0.2, 0.25) is 0 Å². The Morgan fingerprint density at radius 3 is 2.60 bits per heavy atom. The van der Waals surface area contributed by atoms with E-state index in [-0.39, 0.29) is 35.2 Å². The quantitative estimate of drug-likeness (QED) is 0.138. The first-order valence-corrected chi connectivity index (χ1v) is 17.3. The number of aromatic hydroxyl groups is 3. The Morgan fingerprint density at radius 2 is 1.85 bits per heavy atom. The van der Waals surface area contributed by atoms with Gasteiger partial charge in [-0.15, -0.1) is 0 Å². The van der Waals surface area contributed by atoms with Gasteiger partial charge >= 0.3 is 0 Å². The van der Waals surface area contributed by atoms with Crippen molar-refractivity contribution in [3.63, 3.8) is 0 Å². The topological polar surface area (TPSA) is 146 Å². The van der Waals surface area contributed by atoms with Gasteiger partial charge in [-0.3, -0.25) is 0 Å². The number of aliphatic hydroxyl groups excluding tert-OH is 2. The molecule has 2 heterocycles. The highest BCUT2D eigenvalue weighted by atomic mass is 16.5. The molecule has 1 saturated carbocycles. The monoisotopic (exact) mass is 655 g/mol. The summed E-state index contributed by atoms with van der Waals surface area (Å²) in [5.41, 5.74) is 4.30. The Balaban J connectivity index is 1.18. The number of hydrogen-bond acceptors (Lipinski definition) is 8. The molecular formula is C39H47N2O7-. The van der Waals surface area contributed by atoms with Crippen molar-refractivity contribution in [2.75, 3.05) is 14.2 Å². The third-order valence-electron chi connectivity index (χ3n) is 11.6. The number of nitrogens with zero attached hydrogens (tertiary/aromatic N) is 1. The lowest BCUT2D eigenvalue weighted by atomic mass is 9.67. The second-order valence-corrected chi connectivity index (χ2v) is 14.1. The maximum absolute atomic E-state index is 11.5. The minimum absolute atomic E-state index is 0.0449. The zero-order chi connectivity index (χ0) is 33.5. The molecule has 7 rings (SSSR count). The summed E-state index contributed by atoms with van der Waals surface area (Å²) in [5.74, 6) is 0.663. The first-order valence-electron chi connectivity index (χ1n) is 17.3. The van der Waals surface area contributed by atoms with Crippen LogP contribution in [0.1, 0.15) is 89.8 Å². The van der Waals surface area contributed by atoms with Crippen LogP contribution in [0.4, 0.5) is 0 Å². The lowest BCUT2D eigenvalue weighted by Crippen LogP contribution is -2.44. The van der Waals surface area contributed by atoms with Crippen molar-refractivity contribution in [1.29, 1.82) is 0 Å². The van der Waals surface area contributed by atoms with E-state index in [9.17, 15) is 25.5 Å². The number of methoxy groups -OCH3 is 1. The van der Waals surface area contributed by atoms with Gasteiger partial charge in [0.25, 0.3) is 0 Å². The van der Waals surface area contributed by atoms with Gasteiger partial charge in [0, 0.05) is 41.0 Å². The molecule has 9 heteroatoms. The number of rotatable bonds is 8. The van der Waals surface area contributed by atoms with Crippen LogP contribution in [-0.2, 0) is 17.8 Å². The molecule has 4 aliphatic rings. The van der Waals surface area contributed by atoms with Crippen LogP contribution >= 0.6 is 0 Å². The highest BCUT2D eigenvalue weighted by Crippen LogP contribution is 2.53. The second kappa shape index (κ2) is 13.6. The Morgan fingerprint density at radius 1 is 1.00 bits per heavy atom. The van der Waals surface area contributed by atoms with Crippen LogP contribution in [0.25, 0.3) is 0 Å². The number of phenolic OH excluding ortho intramolecular Hbond substituents is 2. The van der Waals surface area contributed by atoms with Crippen molar-refractivity contribution in [2.45, 2.75) is 87.7 Å². The van der Waals surface area contributed by atoms with Gasteiger partial charge in [-0.25, -0.2) is 0 Å². The minimum atomic E-state index is -0.643. The van der Waals surface area contributed by atoms with Gasteiger partial charge < -0.3 is 45.3 Å². The predicted octanol–water partition coefficient (Wildman–Crippen LogP) is 5.45. The lowest BCUT2D eigenvalue weighted by Gasteiger charge is -2.46. The number of likely N-dealkylation sites (N-methyl/N-ethyl adjacent to an activating group) is 1. The van der Waals surface area contributed by atoms with E-state index < -0.39 is 30.3 Å². The summed E-state index contributed by atoms with van der Waals surface area (Å²) in [5, 5.41) is 58.2. The van der Waals surface area contributed by atoms with E-state index in [0.717, 1.165) is 42.4 Å². The third kappa shape index (κ3) is 5.91. The van der Waals surface area contributed by atoms with Crippen LogP contribution < -0.4 is 15.0 Å². The van der Waals surface area contributed by atoms with Crippen LogP contribution in [0.5, 0.6) is 23.0 Å². The number of allylic oxidation sites excluding steroid dienone is 3.